The van der Waals surface area contributed by atoms with Crippen LogP contribution in [0.2, 0.25) is 0 Å². The summed E-state index contributed by atoms with van der Waals surface area (Å²) in [4.78, 5) is 23.8. The van der Waals surface area contributed by atoms with Gasteiger partial charge < -0.3 is 20.1 Å². The Balaban J connectivity index is 2.79. The zero-order chi connectivity index (χ0) is 12.3. The Hall–Kier alpha value is -1.56. The molecule has 6 heteroatoms. The lowest BCUT2D eigenvalue weighted by atomic mass is 10.0. The van der Waals surface area contributed by atoms with E-state index in [9.17, 15) is 14.7 Å². The number of rotatable bonds is 2. The molecule has 0 aliphatic carbocycles. The summed E-state index contributed by atoms with van der Waals surface area (Å²) in [5.41, 5.74) is 0.388. The van der Waals surface area contributed by atoms with Gasteiger partial charge >= 0.3 is 5.97 Å². The van der Waals surface area contributed by atoms with Gasteiger partial charge in [-0.2, -0.15) is 0 Å². The third-order valence-electron chi connectivity index (χ3n) is 2.39. The van der Waals surface area contributed by atoms with E-state index in [2.05, 4.69) is 10.1 Å². The summed E-state index contributed by atoms with van der Waals surface area (Å²) in [6.45, 7) is 1.38. The predicted molar refractivity (Wildman–Crippen MR) is 56.1 cm³/mol. The molecule has 16 heavy (non-hydrogen) atoms. The summed E-state index contributed by atoms with van der Waals surface area (Å²) >= 11 is 0. The summed E-state index contributed by atoms with van der Waals surface area (Å²) in [6.07, 6.45) is 0.403. The molecule has 0 aromatic heterocycles. The van der Waals surface area contributed by atoms with Gasteiger partial charge in [0, 0.05) is 26.6 Å². The second-order valence-corrected chi connectivity index (χ2v) is 3.73. The summed E-state index contributed by atoms with van der Waals surface area (Å²) in [7, 11) is 2.96. The highest BCUT2D eigenvalue weighted by Crippen LogP contribution is 2.19. The highest BCUT2D eigenvalue weighted by molar-refractivity contribution is 5.88. The molecule has 0 aromatic rings. The van der Waals surface area contributed by atoms with Crippen molar-refractivity contribution < 1.29 is 19.4 Å². The van der Waals surface area contributed by atoms with Crippen molar-refractivity contribution in [1.29, 1.82) is 0 Å². The quantitative estimate of drug-likeness (QED) is 0.605. The zero-order valence-corrected chi connectivity index (χ0v) is 9.56. The molecule has 0 saturated heterocycles. The number of hydrogen-bond donors (Lipinski definition) is 2. The van der Waals surface area contributed by atoms with Crippen LogP contribution >= 0.6 is 0 Å². The molecule has 2 N–H and O–H groups in total. The predicted octanol–water partition coefficient (Wildman–Crippen LogP) is -0.798. The first-order valence-electron chi connectivity index (χ1n) is 4.91. The average Bonchev–Trinajstić information content (AvgIpc) is 2.21. The fraction of sp³-hybridized carbons (Fsp3) is 0.600. The number of aliphatic hydroxyl groups excluding tert-OH is 1. The Morgan fingerprint density at radius 3 is 2.69 bits per heavy atom. The lowest BCUT2D eigenvalue weighted by molar-refractivity contribution is -0.137. The fourth-order valence-corrected chi connectivity index (χ4v) is 1.66. The minimum atomic E-state index is -0.826. The number of nitrogens with zero attached hydrogens (tertiary/aromatic N) is 1. The molecule has 0 aromatic carbocycles. The van der Waals surface area contributed by atoms with Gasteiger partial charge in [0.1, 0.15) is 6.17 Å². The summed E-state index contributed by atoms with van der Waals surface area (Å²) in [6, 6.07) is 0. The molecule has 0 bridgehead atoms. The van der Waals surface area contributed by atoms with Gasteiger partial charge in [-0.05, 0) is 0 Å². The molecule has 0 spiro atoms. The maximum absolute atomic E-state index is 11.3. The van der Waals surface area contributed by atoms with Gasteiger partial charge in [-0.1, -0.05) is 0 Å². The van der Waals surface area contributed by atoms with E-state index < -0.39 is 18.2 Å². The van der Waals surface area contributed by atoms with Crippen LogP contribution in [0.25, 0.3) is 0 Å². The first kappa shape index (κ1) is 12.5. The number of carbonyl (C=O) groups is 2. The highest BCUT2D eigenvalue weighted by atomic mass is 16.5. The number of nitrogens with one attached hydrogen (secondary N) is 1. The average molecular weight is 228 g/mol. The van der Waals surface area contributed by atoms with E-state index in [-0.39, 0.29) is 12.3 Å². The number of methoxy groups -OCH3 is 1. The second kappa shape index (κ2) is 4.98. The summed E-state index contributed by atoms with van der Waals surface area (Å²) < 4.78 is 4.57. The number of ether oxygens (including phenoxy) is 1. The molecule has 0 fully saturated rings. The lowest BCUT2D eigenvalue weighted by Crippen LogP contribution is -2.53. The van der Waals surface area contributed by atoms with E-state index in [1.165, 1.54) is 14.0 Å². The SMILES string of the molecule is COC(=O)C1=CN(C)[C@@H](NC(C)=O)[C@@H](O)C1. The van der Waals surface area contributed by atoms with Crippen LogP contribution in [-0.4, -0.2) is 48.3 Å². The Kier molecular flexibility index (Phi) is 3.89. The number of carbonyl (C=O) groups excluding carboxylic acids is 2. The molecule has 1 amide bonds. The van der Waals surface area contributed by atoms with Gasteiger partial charge in [0.15, 0.2) is 0 Å². The number of aliphatic hydroxyl groups is 1. The lowest BCUT2D eigenvalue weighted by Gasteiger charge is -2.35. The van der Waals surface area contributed by atoms with E-state index in [4.69, 9.17) is 0 Å². The summed E-state index contributed by atoms with van der Waals surface area (Å²) in [5.74, 6) is -0.696. The van der Waals surface area contributed by atoms with Crippen LogP contribution in [0.4, 0.5) is 0 Å². The smallest absolute Gasteiger partial charge is 0.335 e. The maximum atomic E-state index is 11.3. The van der Waals surface area contributed by atoms with E-state index in [1.807, 2.05) is 0 Å². The van der Waals surface area contributed by atoms with Crippen molar-refractivity contribution in [2.45, 2.75) is 25.6 Å². The van der Waals surface area contributed by atoms with E-state index >= 15 is 0 Å². The minimum Gasteiger partial charge on any atom is -0.466 e. The largest absolute Gasteiger partial charge is 0.466 e. The normalized spacial score (nSPS) is 24.8. The van der Waals surface area contributed by atoms with E-state index in [1.54, 1.807) is 18.1 Å². The monoisotopic (exact) mass is 228 g/mol. The van der Waals surface area contributed by atoms with Crippen LogP contribution < -0.4 is 5.32 Å². The van der Waals surface area contributed by atoms with Crippen molar-refractivity contribution in [3.63, 3.8) is 0 Å². The molecule has 2 atom stereocenters. The first-order chi connectivity index (χ1) is 7.45. The van der Waals surface area contributed by atoms with E-state index in [0.717, 1.165) is 0 Å². The topological polar surface area (TPSA) is 78.9 Å². The maximum Gasteiger partial charge on any atom is 0.335 e. The van der Waals surface area contributed by atoms with Gasteiger partial charge in [-0.3, -0.25) is 4.79 Å². The van der Waals surface area contributed by atoms with Gasteiger partial charge in [0.25, 0.3) is 0 Å². The fourth-order valence-electron chi connectivity index (χ4n) is 1.66. The Bertz CT molecular complexity index is 327. The number of amides is 1. The minimum absolute atomic E-state index is 0.169. The molecule has 1 heterocycles. The Morgan fingerprint density at radius 2 is 2.25 bits per heavy atom. The van der Waals surface area contributed by atoms with Gasteiger partial charge in [-0.15, -0.1) is 0 Å². The molecular formula is C10H16N2O4. The number of likely N-dealkylation sites (N-methyl/N-ethyl adjacent to an activating group) is 1. The third-order valence-corrected chi connectivity index (χ3v) is 2.39. The van der Waals surface area contributed by atoms with Crippen molar-refractivity contribution in [2.75, 3.05) is 14.2 Å². The van der Waals surface area contributed by atoms with Crippen LogP contribution in [0.5, 0.6) is 0 Å². The second-order valence-electron chi connectivity index (χ2n) is 3.73. The van der Waals surface area contributed by atoms with Gasteiger partial charge in [0.2, 0.25) is 5.91 Å². The van der Waals surface area contributed by atoms with Crippen molar-refractivity contribution >= 4 is 11.9 Å². The van der Waals surface area contributed by atoms with Crippen molar-refractivity contribution in [2.24, 2.45) is 0 Å². The van der Waals surface area contributed by atoms with Gasteiger partial charge in [0.05, 0.1) is 18.8 Å². The van der Waals surface area contributed by atoms with E-state index in [0.29, 0.717) is 5.57 Å². The molecule has 0 radical (unpaired) electrons. The first-order valence-corrected chi connectivity index (χ1v) is 4.91. The molecular weight excluding hydrogens is 212 g/mol. The summed E-state index contributed by atoms with van der Waals surface area (Å²) in [5, 5.41) is 12.4. The molecule has 0 unspecified atom stereocenters. The standard InChI is InChI=1S/C10H16N2O4/c1-6(13)11-9-8(14)4-7(5-12(9)2)10(15)16-3/h5,8-9,14H,4H2,1-3H3,(H,11,13)/t8-,9+/m0/s1. The van der Waals surface area contributed by atoms with Crippen molar-refractivity contribution in [3.8, 4) is 0 Å². The molecule has 6 nitrogen and oxygen atoms in total. The number of esters is 1. The van der Waals surface area contributed by atoms with Crippen LogP contribution in [0, 0.1) is 0 Å². The molecule has 0 saturated carbocycles. The Labute approximate surface area is 93.9 Å². The van der Waals surface area contributed by atoms with Crippen molar-refractivity contribution in [3.05, 3.63) is 11.8 Å². The molecule has 1 aliphatic heterocycles. The Morgan fingerprint density at radius 1 is 1.62 bits per heavy atom. The number of hydrogen-bond acceptors (Lipinski definition) is 5. The van der Waals surface area contributed by atoms with Crippen LogP contribution in [0.1, 0.15) is 13.3 Å². The van der Waals surface area contributed by atoms with Crippen LogP contribution in [0.3, 0.4) is 0 Å². The molecule has 90 valence electrons. The van der Waals surface area contributed by atoms with Gasteiger partial charge in [-0.25, -0.2) is 4.79 Å². The molecule has 1 aliphatic rings. The van der Waals surface area contributed by atoms with Crippen molar-refractivity contribution in [1.82, 2.24) is 10.2 Å². The van der Waals surface area contributed by atoms with Crippen LogP contribution in [0.15, 0.2) is 11.8 Å². The van der Waals surface area contributed by atoms with Crippen LogP contribution in [-0.2, 0) is 14.3 Å². The molecule has 1 rings (SSSR count). The zero-order valence-electron chi connectivity index (χ0n) is 9.56. The third kappa shape index (κ3) is 2.73. The highest BCUT2D eigenvalue weighted by Gasteiger charge is 2.30.